The molecular formula is C12H18FNO3. The van der Waals surface area contributed by atoms with Crippen LogP contribution in [0.5, 0.6) is 5.75 Å². The van der Waals surface area contributed by atoms with Crippen molar-refractivity contribution in [3.63, 3.8) is 0 Å². The molecule has 3 N–H and O–H groups in total. The molecule has 0 aliphatic rings. The molecule has 0 heterocycles. The average Bonchev–Trinajstić information content (AvgIpc) is 2.28. The Morgan fingerprint density at radius 2 is 2.12 bits per heavy atom. The van der Waals surface area contributed by atoms with E-state index in [0.29, 0.717) is 19.0 Å². The summed E-state index contributed by atoms with van der Waals surface area (Å²) in [6.45, 7) is 2.69. The van der Waals surface area contributed by atoms with Crippen LogP contribution in [0.3, 0.4) is 0 Å². The van der Waals surface area contributed by atoms with Crippen LogP contribution in [-0.4, -0.2) is 31.5 Å². The lowest BCUT2D eigenvalue weighted by atomic mass is 10.1. The molecule has 0 aromatic heterocycles. The van der Waals surface area contributed by atoms with Gasteiger partial charge in [-0.05, 0) is 13.0 Å². The highest BCUT2D eigenvalue weighted by molar-refractivity contribution is 5.36. The molecule has 0 amide bonds. The molecule has 0 aliphatic carbocycles. The van der Waals surface area contributed by atoms with Gasteiger partial charge < -0.3 is 20.3 Å². The van der Waals surface area contributed by atoms with Crippen LogP contribution in [0.1, 0.15) is 18.5 Å². The number of aliphatic hydroxyl groups excluding tert-OH is 1. The van der Waals surface area contributed by atoms with E-state index in [9.17, 15) is 4.39 Å². The molecule has 1 aromatic rings. The molecule has 0 saturated carbocycles. The summed E-state index contributed by atoms with van der Waals surface area (Å²) in [5.41, 5.74) is 6.51. The molecule has 0 bridgehead atoms. The van der Waals surface area contributed by atoms with Crippen LogP contribution in [-0.2, 0) is 4.74 Å². The molecule has 0 unspecified atom stereocenters. The van der Waals surface area contributed by atoms with Crippen molar-refractivity contribution < 1.29 is 19.0 Å². The molecule has 1 rings (SSSR count). The standard InChI is InChI=1S/C12H18FNO3/c1-9(14)11-3-2-10(13)8-12(11)17-7-6-16-5-4-15/h2-3,8-9,15H,4-7,14H2,1H3/t9-/m0/s1. The fourth-order valence-corrected chi connectivity index (χ4v) is 1.39. The number of nitrogens with two attached hydrogens (primary N) is 1. The molecule has 1 atom stereocenters. The van der Waals surface area contributed by atoms with Gasteiger partial charge in [-0.1, -0.05) is 6.07 Å². The van der Waals surface area contributed by atoms with E-state index in [0.717, 1.165) is 5.56 Å². The van der Waals surface area contributed by atoms with Crippen LogP contribution in [0.4, 0.5) is 4.39 Å². The zero-order valence-corrected chi connectivity index (χ0v) is 9.86. The molecule has 1 aromatic carbocycles. The van der Waals surface area contributed by atoms with E-state index in [-0.39, 0.29) is 25.1 Å². The summed E-state index contributed by atoms with van der Waals surface area (Å²) in [5, 5.41) is 8.50. The smallest absolute Gasteiger partial charge is 0.127 e. The second-order valence-corrected chi connectivity index (χ2v) is 3.66. The quantitative estimate of drug-likeness (QED) is 0.707. The third kappa shape index (κ3) is 4.68. The summed E-state index contributed by atoms with van der Waals surface area (Å²) in [5.74, 6) is 0.0771. The third-order valence-corrected chi connectivity index (χ3v) is 2.19. The van der Waals surface area contributed by atoms with Crippen molar-refractivity contribution in [1.82, 2.24) is 0 Å². The van der Waals surface area contributed by atoms with Gasteiger partial charge in [-0.3, -0.25) is 0 Å². The molecule has 0 saturated heterocycles. The van der Waals surface area contributed by atoms with E-state index in [2.05, 4.69) is 0 Å². The lowest BCUT2D eigenvalue weighted by molar-refractivity contribution is 0.0702. The molecule has 0 aliphatic heterocycles. The average molecular weight is 243 g/mol. The first kappa shape index (κ1) is 13.9. The molecule has 96 valence electrons. The minimum Gasteiger partial charge on any atom is -0.491 e. The van der Waals surface area contributed by atoms with Crippen molar-refractivity contribution in [3.05, 3.63) is 29.6 Å². The van der Waals surface area contributed by atoms with Gasteiger partial charge in [-0.15, -0.1) is 0 Å². The van der Waals surface area contributed by atoms with E-state index in [4.69, 9.17) is 20.3 Å². The maximum Gasteiger partial charge on any atom is 0.127 e. The molecular weight excluding hydrogens is 225 g/mol. The number of rotatable bonds is 7. The first-order valence-electron chi connectivity index (χ1n) is 5.51. The fraction of sp³-hybridized carbons (Fsp3) is 0.500. The first-order valence-corrected chi connectivity index (χ1v) is 5.51. The summed E-state index contributed by atoms with van der Waals surface area (Å²) in [6.07, 6.45) is 0. The van der Waals surface area contributed by atoms with Crippen molar-refractivity contribution in [2.45, 2.75) is 13.0 Å². The Labute approximate surface area is 100 Å². The zero-order chi connectivity index (χ0) is 12.7. The Hall–Kier alpha value is -1.17. The van der Waals surface area contributed by atoms with E-state index in [1.54, 1.807) is 6.07 Å². The van der Waals surface area contributed by atoms with E-state index in [1.165, 1.54) is 12.1 Å². The maximum absolute atomic E-state index is 13.1. The van der Waals surface area contributed by atoms with Crippen molar-refractivity contribution >= 4 is 0 Å². The number of benzene rings is 1. The summed E-state index contributed by atoms with van der Waals surface area (Å²) in [6, 6.07) is 4.06. The minimum atomic E-state index is -0.360. The van der Waals surface area contributed by atoms with Gasteiger partial charge in [-0.25, -0.2) is 4.39 Å². The van der Waals surface area contributed by atoms with Crippen LogP contribution in [0.15, 0.2) is 18.2 Å². The fourth-order valence-electron chi connectivity index (χ4n) is 1.39. The minimum absolute atomic E-state index is 0.0228. The number of hydrogen-bond donors (Lipinski definition) is 2. The van der Waals surface area contributed by atoms with Crippen molar-refractivity contribution in [3.8, 4) is 5.75 Å². The van der Waals surface area contributed by atoms with Crippen molar-refractivity contribution in [2.75, 3.05) is 26.4 Å². The van der Waals surface area contributed by atoms with Gasteiger partial charge in [0.15, 0.2) is 0 Å². The Morgan fingerprint density at radius 1 is 1.35 bits per heavy atom. The van der Waals surface area contributed by atoms with Crippen LogP contribution >= 0.6 is 0 Å². The highest BCUT2D eigenvalue weighted by Gasteiger charge is 2.09. The van der Waals surface area contributed by atoms with Crippen LogP contribution in [0.25, 0.3) is 0 Å². The second-order valence-electron chi connectivity index (χ2n) is 3.66. The van der Waals surface area contributed by atoms with Gasteiger partial charge in [0.1, 0.15) is 18.2 Å². The molecule has 4 nitrogen and oxygen atoms in total. The predicted octanol–water partition coefficient (Wildman–Crippen LogP) is 1.23. The first-order chi connectivity index (χ1) is 8.15. The van der Waals surface area contributed by atoms with Gasteiger partial charge in [0.05, 0.1) is 19.8 Å². The molecule has 0 spiro atoms. The monoisotopic (exact) mass is 243 g/mol. The number of aliphatic hydroxyl groups is 1. The van der Waals surface area contributed by atoms with Gasteiger partial charge >= 0.3 is 0 Å². The SMILES string of the molecule is C[C@H](N)c1ccc(F)cc1OCCOCCO. The third-order valence-electron chi connectivity index (χ3n) is 2.19. The topological polar surface area (TPSA) is 64.7 Å². The second kappa shape index (κ2) is 7.21. The van der Waals surface area contributed by atoms with E-state index < -0.39 is 0 Å². The van der Waals surface area contributed by atoms with E-state index >= 15 is 0 Å². The normalized spacial score (nSPS) is 12.5. The number of ether oxygens (including phenoxy) is 2. The highest BCUT2D eigenvalue weighted by Crippen LogP contribution is 2.24. The molecule has 17 heavy (non-hydrogen) atoms. The zero-order valence-electron chi connectivity index (χ0n) is 9.86. The van der Waals surface area contributed by atoms with Gasteiger partial charge in [0, 0.05) is 17.7 Å². The Morgan fingerprint density at radius 3 is 2.76 bits per heavy atom. The Bertz CT molecular complexity index is 345. The van der Waals surface area contributed by atoms with Crippen LogP contribution in [0.2, 0.25) is 0 Å². The van der Waals surface area contributed by atoms with Crippen molar-refractivity contribution in [2.24, 2.45) is 5.73 Å². The maximum atomic E-state index is 13.1. The number of hydrogen-bond acceptors (Lipinski definition) is 4. The Balaban J connectivity index is 2.53. The lowest BCUT2D eigenvalue weighted by Gasteiger charge is -2.14. The summed E-state index contributed by atoms with van der Waals surface area (Å²) < 4.78 is 23.5. The van der Waals surface area contributed by atoms with Crippen LogP contribution in [0, 0.1) is 5.82 Å². The molecule has 0 fully saturated rings. The lowest BCUT2D eigenvalue weighted by Crippen LogP contribution is -2.12. The van der Waals surface area contributed by atoms with Gasteiger partial charge in [0.25, 0.3) is 0 Å². The molecule has 0 radical (unpaired) electrons. The van der Waals surface area contributed by atoms with Gasteiger partial charge in [-0.2, -0.15) is 0 Å². The van der Waals surface area contributed by atoms with Crippen LogP contribution < -0.4 is 10.5 Å². The highest BCUT2D eigenvalue weighted by atomic mass is 19.1. The predicted molar refractivity (Wildman–Crippen MR) is 62.4 cm³/mol. The Kier molecular flexibility index (Phi) is 5.90. The largest absolute Gasteiger partial charge is 0.491 e. The number of halogens is 1. The molecule has 5 heteroatoms. The van der Waals surface area contributed by atoms with Gasteiger partial charge in [0.2, 0.25) is 0 Å². The summed E-state index contributed by atoms with van der Waals surface area (Å²) in [7, 11) is 0. The van der Waals surface area contributed by atoms with E-state index in [1.807, 2.05) is 6.92 Å². The van der Waals surface area contributed by atoms with Crippen molar-refractivity contribution in [1.29, 1.82) is 0 Å². The summed E-state index contributed by atoms with van der Waals surface area (Å²) >= 11 is 0. The summed E-state index contributed by atoms with van der Waals surface area (Å²) in [4.78, 5) is 0.